The molecule has 16 heavy (non-hydrogen) atoms. The lowest BCUT2D eigenvalue weighted by Gasteiger charge is -2.26. The number of hydrogen-bond donors (Lipinski definition) is 0. The van der Waals surface area contributed by atoms with Crippen molar-refractivity contribution in [3.8, 4) is 5.88 Å². The van der Waals surface area contributed by atoms with Crippen molar-refractivity contribution in [2.45, 2.75) is 45.6 Å². The van der Waals surface area contributed by atoms with E-state index in [2.05, 4.69) is 16.9 Å². The van der Waals surface area contributed by atoms with Crippen LogP contribution < -0.4 is 4.74 Å². The molecule has 2 atom stereocenters. The molecule has 1 fully saturated rings. The topological polar surface area (TPSA) is 35.0 Å². The van der Waals surface area contributed by atoms with Crippen LogP contribution >= 0.6 is 11.6 Å². The van der Waals surface area contributed by atoms with Gasteiger partial charge in [0.05, 0.1) is 0 Å². The first-order valence-corrected chi connectivity index (χ1v) is 6.19. The van der Waals surface area contributed by atoms with E-state index in [4.69, 9.17) is 16.3 Å². The summed E-state index contributed by atoms with van der Waals surface area (Å²) in [6.45, 7) is 4.09. The highest BCUT2D eigenvalue weighted by molar-refractivity contribution is 6.29. The summed E-state index contributed by atoms with van der Waals surface area (Å²) in [6, 6.07) is 1.69. The monoisotopic (exact) mass is 240 g/mol. The van der Waals surface area contributed by atoms with E-state index in [0.29, 0.717) is 16.9 Å². The van der Waals surface area contributed by atoms with Crippen molar-refractivity contribution in [3.63, 3.8) is 0 Å². The average Bonchev–Trinajstić information content (AvgIpc) is 2.15. The lowest BCUT2D eigenvalue weighted by molar-refractivity contribution is 0.123. The summed E-state index contributed by atoms with van der Waals surface area (Å²) in [4.78, 5) is 8.25. The first-order chi connectivity index (χ1) is 7.63. The van der Waals surface area contributed by atoms with Gasteiger partial charge in [0.25, 0.3) is 0 Å². The molecule has 88 valence electrons. The number of aromatic nitrogens is 2. The van der Waals surface area contributed by atoms with E-state index in [1.807, 2.05) is 6.92 Å². The van der Waals surface area contributed by atoms with Crippen LogP contribution in [0.2, 0.25) is 5.15 Å². The Kier molecular flexibility index (Phi) is 3.64. The molecule has 1 heterocycles. The van der Waals surface area contributed by atoms with Crippen molar-refractivity contribution in [2.24, 2.45) is 5.92 Å². The van der Waals surface area contributed by atoms with E-state index in [9.17, 15) is 0 Å². The van der Waals surface area contributed by atoms with E-state index in [0.717, 1.165) is 18.8 Å². The number of halogens is 1. The summed E-state index contributed by atoms with van der Waals surface area (Å²) in [5.74, 6) is 2.01. The molecule has 0 spiro atoms. The Bertz CT molecular complexity index is 350. The number of rotatable bonds is 2. The molecule has 0 N–H and O–H groups in total. The lowest BCUT2D eigenvalue weighted by atomic mass is 9.89. The van der Waals surface area contributed by atoms with Crippen LogP contribution in [0, 0.1) is 12.8 Å². The summed E-state index contributed by atoms with van der Waals surface area (Å²) in [7, 11) is 0. The molecule has 2 unspecified atom stereocenters. The maximum Gasteiger partial charge on any atom is 0.218 e. The van der Waals surface area contributed by atoms with E-state index in [1.165, 1.54) is 12.8 Å². The van der Waals surface area contributed by atoms with E-state index >= 15 is 0 Å². The molecule has 0 saturated heterocycles. The van der Waals surface area contributed by atoms with Crippen molar-refractivity contribution >= 4 is 11.6 Å². The van der Waals surface area contributed by atoms with Gasteiger partial charge in [-0.05, 0) is 32.1 Å². The molecular weight excluding hydrogens is 224 g/mol. The fourth-order valence-electron chi connectivity index (χ4n) is 2.22. The van der Waals surface area contributed by atoms with Crippen molar-refractivity contribution in [2.75, 3.05) is 0 Å². The number of hydrogen-bond acceptors (Lipinski definition) is 3. The standard InChI is InChI=1S/C12H17ClN2O/c1-8-4-3-5-10(6-8)16-12-7-11(13)14-9(2)15-12/h7-8,10H,3-6H2,1-2H3. The Labute approximate surface area is 101 Å². The predicted octanol–water partition coefficient (Wildman–Crippen LogP) is 3.40. The minimum Gasteiger partial charge on any atom is -0.474 e. The summed E-state index contributed by atoms with van der Waals surface area (Å²) in [6.07, 6.45) is 5.06. The smallest absolute Gasteiger partial charge is 0.218 e. The molecule has 1 aliphatic rings. The van der Waals surface area contributed by atoms with Gasteiger partial charge in [-0.2, -0.15) is 4.98 Å². The molecule has 1 aliphatic carbocycles. The third-order valence-electron chi connectivity index (χ3n) is 2.96. The van der Waals surface area contributed by atoms with Gasteiger partial charge in [0.1, 0.15) is 17.1 Å². The maximum atomic E-state index is 5.87. The molecular formula is C12H17ClN2O. The van der Waals surface area contributed by atoms with E-state index in [1.54, 1.807) is 6.07 Å². The van der Waals surface area contributed by atoms with E-state index < -0.39 is 0 Å². The van der Waals surface area contributed by atoms with Crippen LogP contribution in [-0.4, -0.2) is 16.1 Å². The summed E-state index contributed by atoms with van der Waals surface area (Å²) >= 11 is 5.87. The zero-order valence-corrected chi connectivity index (χ0v) is 10.5. The molecule has 0 amide bonds. The van der Waals surface area contributed by atoms with Crippen LogP contribution in [0.1, 0.15) is 38.4 Å². The molecule has 4 heteroatoms. The first-order valence-electron chi connectivity index (χ1n) is 5.81. The highest BCUT2D eigenvalue weighted by Gasteiger charge is 2.20. The van der Waals surface area contributed by atoms with Crippen LogP contribution in [0.25, 0.3) is 0 Å². The third kappa shape index (κ3) is 3.08. The second kappa shape index (κ2) is 5.00. The summed E-state index contributed by atoms with van der Waals surface area (Å²) < 4.78 is 5.85. The summed E-state index contributed by atoms with van der Waals surface area (Å²) in [5, 5.41) is 0.450. The van der Waals surface area contributed by atoms with Crippen molar-refractivity contribution in [1.29, 1.82) is 0 Å². The Hall–Kier alpha value is -0.830. The SMILES string of the molecule is Cc1nc(Cl)cc(OC2CCCC(C)C2)n1. The molecule has 1 aromatic rings. The van der Waals surface area contributed by atoms with Gasteiger partial charge in [-0.15, -0.1) is 0 Å². The van der Waals surface area contributed by atoms with Crippen molar-refractivity contribution < 1.29 is 4.74 Å². The zero-order valence-electron chi connectivity index (χ0n) is 9.74. The largest absolute Gasteiger partial charge is 0.474 e. The Morgan fingerprint density at radius 3 is 2.88 bits per heavy atom. The lowest BCUT2D eigenvalue weighted by Crippen LogP contribution is -2.24. The van der Waals surface area contributed by atoms with Gasteiger partial charge in [0.15, 0.2) is 0 Å². The highest BCUT2D eigenvalue weighted by atomic mass is 35.5. The molecule has 0 radical (unpaired) electrons. The van der Waals surface area contributed by atoms with Gasteiger partial charge in [-0.1, -0.05) is 24.9 Å². The number of nitrogens with zero attached hydrogens (tertiary/aromatic N) is 2. The van der Waals surface area contributed by atoms with Crippen LogP contribution in [0.4, 0.5) is 0 Å². The molecule has 0 bridgehead atoms. The van der Waals surface area contributed by atoms with Gasteiger partial charge < -0.3 is 4.74 Å². The Morgan fingerprint density at radius 1 is 1.38 bits per heavy atom. The third-order valence-corrected chi connectivity index (χ3v) is 3.15. The van der Waals surface area contributed by atoms with Gasteiger partial charge >= 0.3 is 0 Å². The molecule has 1 saturated carbocycles. The fourth-order valence-corrected chi connectivity index (χ4v) is 2.44. The van der Waals surface area contributed by atoms with Crippen molar-refractivity contribution in [3.05, 3.63) is 17.0 Å². The summed E-state index contributed by atoms with van der Waals surface area (Å²) in [5.41, 5.74) is 0. The quantitative estimate of drug-likeness (QED) is 0.744. The zero-order chi connectivity index (χ0) is 11.5. The molecule has 0 aromatic carbocycles. The second-order valence-electron chi connectivity index (χ2n) is 4.59. The minimum atomic E-state index is 0.286. The van der Waals surface area contributed by atoms with Gasteiger partial charge in [0.2, 0.25) is 5.88 Å². The molecule has 3 nitrogen and oxygen atoms in total. The molecule has 1 aromatic heterocycles. The predicted molar refractivity (Wildman–Crippen MR) is 63.8 cm³/mol. The molecule has 2 rings (SSSR count). The van der Waals surface area contributed by atoms with Crippen molar-refractivity contribution in [1.82, 2.24) is 9.97 Å². The normalized spacial score (nSPS) is 25.4. The van der Waals surface area contributed by atoms with Crippen LogP contribution in [0.5, 0.6) is 5.88 Å². The minimum absolute atomic E-state index is 0.286. The Balaban J connectivity index is 2.02. The van der Waals surface area contributed by atoms with Crippen LogP contribution in [0.15, 0.2) is 6.07 Å². The van der Waals surface area contributed by atoms with Gasteiger partial charge in [-0.25, -0.2) is 4.98 Å². The van der Waals surface area contributed by atoms with E-state index in [-0.39, 0.29) is 6.10 Å². The fraction of sp³-hybridized carbons (Fsp3) is 0.667. The molecule has 0 aliphatic heterocycles. The highest BCUT2D eigenvalue weighted by Crippen LogP contribution is 2.27. The first kappa shape index (κ1) is 11.6. The second-order valence-corrected chi connectivity index (χ2v) is 4.98. The van der Waals surface area contributed by atoms with Gasteiger partial charge in [0, 0.05) is 6.07 Å². The van der Waals surface area contributed by atoms with Gasteiger partial charge in [-0.3, -0.25) is 0 Å². The van der Waals surface area contributed by atoms with Crippen LogP contribution in [0.3, 0.4) is 0 Å². The number of aryl methyl sites for hydroxylation is 1. The van der Waals surface area contributed by atoms with Crippen LogP contribution in [-0.2, 0) is 0 Å². The average molecular weight is 241 g/mol. The number of ether oxygens (including phenoxy) is 1. The maximum absolute atomic E-state index is 5.87. The Morgan fingerprint density at radius 2 is 2.19 bits per heavy atom.